The molecule has 1 saturated heterocycles. The molecule has 1 amide bonds. The minimum Gasteiger partial charge on any atom is -0.350 e. The molecule has 0 aliphatic carbocycles. The van der Waals surface area contributed by atoms with E-state index in [1.165, 1.54) is 23.9 Å². The van der Waals surface area contributed by atoms with E-state index >= 15 is 0 Å². The molecule has 0 spiro atoms. The number of carbonyl (C=O) groups is 1. The van der Waals surface area contributed by atoms with Gasteiger partial charge >= 0.3 is 5.69 Å². The average Bonchev–Trinajstić information content (AvgIpc) is 3.27. The van der Waals surface area contributed by atoms with Crippen molar-refractivity contribution in [2.45, 2.75) is 18.9 Å². The Balaban J connectivity index is 1.58. The van der Waals surface area contributed by atoms with Gasteiger partial charge in [-0.15, -0.1) is 0 Å². The Morgan fingerprint density at radius 2 is 2.00 bits per heavy atom. The number of amides is 1. The second kappa shape index (κ2) is 8.41. The Bertz CT molecular complexity index is 1210. The molecule has 1 aliphatic rings. The number of hydrogen-bond donors (Lipinski definition) is 2. The number of benzene rings is 1. The predicted molar refractivity (Wildman–Crippen MR) is 115 cm³/mol. The number of nitrogens with zero attached hydrogens (tertiary/aromatic N) is 3. The number of aromatic amines is 1. The average molecular weight is 428 g/mol. The zero-order chi connectivity index (χ0) is 21.3. The minimum absolute atomic E-state index is 0.0391. The molecule has 8 nitrogen and oxygen atoms in total. The number of rotatable bonds is 5. The molecule has 3 heterocycles. The summed E-state index contributed by atoms with van der Waals surface area (Å²) in [5.74, 6) is -0.339. The van der Waals surface area contributed by atoms with E-state index in [0.717, 1.165) is 31.5 Å². The molecule has 0 saturated carbocycles. The lowest BCUT2D eigenvalue weighted by Crippen LogP contribution is -2.37. The molecular formula is C21H22ClN5O3. The summed E-state index contributed by atoms with van der Waals surface area (Å²) in [4.78, 5) is 45.3. The highest BCUT2D eigenvalue weighted by Gasteiger charge is 2.25. The van der Waals surface area contributed by atoms with Gasteiger partial charge in [-0.25, -0.2) is 9.78 Å². The van der Waals surface area contributed by atoms with Crippen LogP contribution in [0.5, 0.6) is 0 Å². The largest absolute Gasteiger partial charge is 0.350 e. The van der Waals surface area contributed by atoms with Gasteiger partial charge in [0.2, 0.25) is 0 Å². The molecule has 0 bridgehead atoms. The summed E-state index contributed by atoms with van der Waals surface area (Å²) in [5, 5.41) is 3.81. The molecule has 1 aliphatic heterocycles. The van der Waals surface area contributed by atoms with Crippen LogP contribution in [0, 0.1) is 0 Å². The van der Waals surface area contributed by atoms with Crippen molar-refractivity contribution in [1.82, 2.24) is 24.8 Å². The molecule has 156 valence electrons. The number of likely N-dealkylation sites (tertiary alicyclic amines) is 1. The van der Waals surface area contributed by atoms with Crippen molar-refractivity contribution >= 4 is 28.5 Å². The fourth-order valence-corrected chi connectivity index (χ4v) is 4.15. The third-order valence-corrected chi connectivity index (χ3v) is 5.86. The van der Waals surface area contributed by atoms with E-state index in [-0.39, 0.29) is 28.5 Å². The van der Waals surface area contributed by atoms with E-state index in [4.69, 9.17) is 11.6 Å². The molecule has 3 aromatic rings. The molecule has 4 rings (SSSR count). The summed E-state index contributed by atoms with van der Waals surface area (Å²) in [5.41, 5.74) is 0.341. The summed E-state index contributed by atoms with van der Waals surface area (Å²) in [6.07, 6.45) is 3.60. The topological polar surface area (TPSA) is 100 Å². The Morgan fingerprint density at radius 3 is 2.73 bits per heavy atom. The second-order valence-electron chi connectivity index (χ2n) is 7.40. The quantitative estimate of drug-likeness (QED) is 0.647. The molecule has 1 fully saturated rings. The minimum atomic E-state index is -0.568. The summed E-state index contributed by atoms with van der Waals surface area (Å²) < 4.78 is 1.24. The summed E-state index contributed by atoms with van der Waals surface area (Å²) in [7, 11) is 1.51. The van der Waals surface area contributed by atoms with Crippen LogP contribution in [0.2, 0.25) is 5.02 Å². The Morgan fingerprint density at radius 1 is 1.27 bits per heavy atom. The number of carbonyl (C=O) groups excluding carboxylic acids is 1. The van der Waals surface area contributed by atoms with Crippen molar-refractivity contribution in [2.75, 3.05) is 19.6 Å². The number of pyridine rings is 1. The van der Waals surface area contributed by atoms with Gasteiger partial charge < -0.3 is 5.32 Å². The van der Waals surface area contributed by atoms with Crippen LogP contribution in [0.25, 0.3) is 11.0 Å². The van der Waals surface area contributed by atoms with Crippen molar-refractivity contribution in [1.29, 1.82) is 0 Å². The lowest BCUT2D eigenvalue weighted by Gasteiger charge is -2.29. The highest BCUT2D eigenvalue weighted by Crippen LogP contribution is 2.29. The van der Waals surface area contributed by atoms with Crippen molar-refractivity contribution in [2.24, 2.45) is 7.05 Å². The van der Waals surface area contributed by atoms with Gasteiger partial charge in [0.25, 0.3) is 11.5 Å². The maximum Gasteiger partial charge on any atom is 0.329 e. The zero-order valence-electron chi connectivity index (χ0n) is 16.5. The van der Waals surface area contributed by atoms with Crippen molar-refractivity contribution in [3.63, 3.8) is 0 Å². The molecular weight excluding hydrogens is 406 g/mol. The van der Waals surface area contributed by atoms with E-state index < -0.39 is 11.2 Å². The first-order valence-electron chi connectivity index (χ1n) is 9.81. The third-order valence-electron chi connectivity index (χ3n) is 5.52. The van der Waals surface area contributed by atoms with Crippen LogP contribution in [0.1, 0.15) is 34.8 Å². The van der Waals surface area contributed by atoms with E-state index in [2.05, 4.69) is 20.2 Å². The normalized spacial score (nSPS) is 15.4. The van der Waals surface area contributed by atoms with Gasteiger partial charge in [0.15, 0.2) is 0 Å². The van der Waals surface area contributed by atoms with E-state index in [9.17, 15) is 14.4 Å². The number of aromatic nitrogens is 3. The Hall–Kier alpha value is -2.97. The molecule has 2 aromatic heterocycles. The molecule has 30 heavy (non-hydrogen) atoms. The number of H-pyrrole nitrogens is 1. The first-order chi connectivity index (χ1) is 14.5. The van der Waals surface area contributed by atoms with Gasteiger partial charge in [-0.05, 0) is 43.6 Å². The van der Waals surface area contributed by atoms with E-state index in [0.29, 0.717) is 11.6 Å². The van der Waals surface area contributed by atoms with Crippen LogP contribution in [0.15, 0.2) is 46.1 Å². The maximum absolute atomic E-state index is 12.8. The standard InChI is InChI=1S/C21H22ClN5O3/c1-26-18-15(20(29)25-21(26)30)10-13(11-23-18)19(28)24-12-17(27-8-4-5-9-27)14-6-2-3-7-16(14)22/h2-3,6-7,10-11,17H,4-5,8-9,12H2,1H3,(H,24,28)(H,25,29,30)/t17-/m1/s1. The monoisotopic (exact) mass is 427 g/mol. The van der Waals surface area contributed by atoms with Gasteiger partial charge in [-0.3, -0.25) is 24.0 Å². The smallest absolute Gasteiger partial charge is 0.329 e. The fourth-order valence-electron chi connectivity index (χ4n) is 3.89. The number of hydrogen-bond acceptors (Lipinski definition) is 5. The van der Waals surface area contributed by atoms with Gasteiger partial charge in [0.05, 0.1) is 17.0 Å². The van der Waals surface area contributed by atoms with Crippen molar-refractivity contribution in [3.8, 4) is 0 Å². The lowest BCUT2D eigenvalue weighted by molar-refractivity contribution is 0.0937. The number of fused-ring (bicyclic) bond motifs is 1. The zero-order valence-corrected chi connectivity index (χ0v) is 17.3. The second-order valence-corrected chi connectivity index (χ2v) is 7.81. The molecule has 9 heteroatoms. The van der Waals surface area contributed by atoms with Gasteiger partial charge in [0.1, 0.15) is 5.65 Å². The van der Waals surface area contributed by atoms with Gasteiger partial charge in [-0.2, -0.15) is 0 Å². The van der Waals surface area contributed by atoms with Crippen LogP contribution in [-0.2, 0) is 7.05 Å². The Kier molecular flexibility index (Phi) is 5.69. The van der Waals surface area contributed by atoms with Crippen LogP contribution in [0.4, 0.5) is 0 Å². The molecule has 1 aromatic carbocycles. The summed E-state index contributed by atoms with van der Waals surface area (Å²) in [6, 6.07) is 9.08. The van der Waals surface area contributed by atoms with Crippen molar-refractivity contribution in [3.05, 3.63) is 73.5 Å². The molecule has 0 radical (unpaired) electrons. The predicted octanol–water partition coefficient (Wildman–Crippen LogP) is 1.84. The fraction of sp³-hybridized carbons (Fsp3) is 0.333. The number of halogens is 1. The first kappa shape index (κ1) is 20.3. The number of nitrogens with one attached hydrogen (secondary N) is 2. The van der Waals surface area contributed by atoms with Crippen LogP contribution in [-0.4, -0.2) is 45.0 Å². The van der Waals surface area contributed by atoms with Crippen molar-refractivity contribution < 1.29 is 4.79 Å². The summed E-state index contributed by atoms with van der Waals surface area (Å²) in [6.45, 7) is 2.28. The third kappa shape index (κ3) is 3.88. The van der Waals surface area contributed by atoms with Crippen LogP contribution < -0.4 is 16.6 Å². The SMILES string of the molecule is Cn1c(=O)[nH]c(=O)c2cc(C(=O)NC[C@H](c3ccccc3Cl)N3CCCC3)cnc21. The molecule has 0 unspecified atom stereocenters. The van der Waals surface area contributed by atoms with E-state index in [1.807, 2.05) is 24.3 Å². The Labute approximate surface area is 177 Å². The lowest BCUT2D eigenvalue weighted by atomic mass is 10.1. The van der Waals surface area contributed by atoms with Gasteiger partial charge in [-0.1, -0.05) is 29.8 Å². The van der Waals surface area contributed by atoms with Crippen LogP contribution in [0.3, 0.4) is 0 Å². The van der Waals surface area contributed by atoms with E-state index in [1.54, 1.807) is 0 Å². The first-order valence-corrected chi connectivity index (χ1v) is 10.2. The molecule has 1 atom stereocenters. The highest BCUT2D eigenvalue weighted by atomic mass is 35.5. The van der Waals surface area contributed by atoms with Gasteiger partial charge in [0, 0.05) is 24.8 Å². The number of aryl methyl sites for hydroxylation is 1. The highest BCUT2D eigenvalue weighted by molar-refractivity contribution is 6.31. The summed E-state index contributed by atoms with van der Waals surface area (Å²) >= 11 is 6.42. The maximum atomic E-state index is 12.8. The molecule has 2 N–H and O–H groups in total. The van der Waals surface area contributed by atoms with Crippen LogP contribution >= 0.6 is 11.6 Å².